The molecule has 0 saturated carbocycles. The normalized spacial score (nSPS) is 12.9. The zero-order chi connectivity index (χ0) is 9.72. The summed E-state index contributed by atoms with van der Waals surface area (Å²) in [6.07, 6.45) is 0.215. The van der Waals surface area contributed by atoms with E-state index in [1.54, 1.807) is 0 Å². The molecule has 1 unspecified atom stereocenters. The van der Waals surface area contributed by atoms with Gasteiger partial charge in [0.1, 0.15) is 0 Å². The lowest BCUT2D eigenvalue weighted by Crippen LogP contribution is -2.20. The molecule has 0 amide bonds. The van der Waals surface area contributed by atoms with Gasteiger partial charge in [0.15, 0.2) is 0 Å². The van der Waals surface area contributed by atoms with Gasteiger partial charge in [-0.2, -0.15) is 0 Å². The van der Waals surface area contributed by atoms with E-state index in [0.29, 0.717) is 6.16 Å². The van der Waals surface area contributed by atoms with Crippen LogP contribution in [0.15, 0.2) is 0 Å². The molecule has 4 nitrogen and oxygen atoms in total. The van der Waals surface area contributed by atoms with Crippen molar-refractivity contribution >= 4 is 19.9 Å². The van der Waals surface area contributed by atoms with Crippen LogP contribution in [0.1, 0.15) is 6.42 Å². The summed E-state index contributed by atoms with van der Waals surface area (Å²) in [7, 11) is -0.347. The lowest BCUT2D eigenvalue weighted by Gasteiger charge is -2.11. The third-order valence-electron chi connectivity index (χ3n) is 1.36. The molecule has 0 aliphatic heterocycles. The highest BCUT2D eigenvalue weighted by molar-refractivity contribution is 7.56. The van der Waals surface area contributed by atoms with Crippen LogP contribution in [0.4, 0.5) is 0 Å². The van der Waals surface area contributed by atoms with Gasteiger partial charge in [-0.1, -0.05) is 0 Å². The quantitative estimate of drug-likeness (QED) is 0.634. The van der Waals surface area contributed by atoms with Crippen LogP contribution in [0, 0.1) is 5.92 Å². The van der Waals surface area contributed by atoms with E-state index in [-0.39, 0.29) is 14.3 Å². The van der Waals surface area contributed by atoms with Gasteiger partial charge in [-0.25, -0.2) is 0 Å². The van der Waals surface area contributed by atoms with Crippen molar-refractivity contribution in [2.75, 3.05) is 19.5 Å². The van der Waals surface area contributed by atoms with Crippen LogP contribution in [0.5, 0.6) is 0 Å². The predicted octanol–water partition coefficient (Wildman–Crippen LogP) is 0.903. The van der Waals surface area contributed by atoms with E-state index < -0.39 is 17.9 Å². The van der Waals surface area contributed by atoms with Crippen molar-refractivity contribution in [3.05, 3.63) is 0 Å². The summed E-state index contributed by atoms with van der Waals surface area (Å²) >= 11 is 0. The van der Waals surface area contributed by atoms with Crippen LogP contribution >= 0.6 is 7.92 Å². The lowest BCUT2D eigenvalue weighted by atomic mass is 10.1. The van der Waals surface area contributed by atoms with Gasteiger partial charge in [0.2, 0.25) is 0 Å². The van der Waals surface area contributed by atoms with Crippen molar-refractivity contribution in [1.82, 2.24) is 0 Å². The Balaban J connectivity index is 4.04. The van der Waals surface area contributed by atoms with Gasteiger partial charge in [-0.3, -0.25) is 9.59 Å². The summed E-state index contributed by atoms with van der Waals surface area (Å²) in [6.45, 7) is 3.88. The van der Waals surface area contributed by atoms with E-state index in [2.05, 4.69) is 0 Å². The van der Waals surface area contributed by atoms with Crippen molar-refractivity contribution in [1.29, 1.82) is 0 Å². The van der Waals surface area contributed by atoms with Crippen molar-refractivity contribution < 1.29 is 19.8 Å². The Kier molecular flexibility index (Phi) is 4.83. The summed E-state index contributed by atoms with van der Waals surface area (Å²) in [6, 6.07) is 0. The topological polar surface area (TPSA) is 74.6 Å². The van der Waals surface area contributed by atoms with E-state index in [0.717, 1.165) is 0 Å². The molecule has 0 radical (unpaired) electrons. The summed E-state index contributed by atoms with van der Waals surface area (Å²) in [4.78, 5) is 20.8. The second-order valence-corrected chi connectivity index (χ2v) is 5.42. The number of hydrogen-bond donors (Lipinski definition) is 2. The zero-order valence-electron chi connectivity index (χ0n) is 7.15. The first kappa shape index (κ1) is 11.4. The van der Waals surface area contributed by atoms with Crippen LogP contribution in [-0.4, -0.2) is 41.6 Å². The maximum atomic E-state index is 10.5. The second kappa shape index (κ2) is 5.09. The van der Waals surface area contributed by atoms with E-state index in [1.165, 1.54) is 0 Å². The molecule has 0 rings (SSSR count). The third kappa shape index (κ3) is 5.08. The van der Waals surface area contributed by atoms with E-state index in [4.69, 9.17) is 10.2 Å². The molecule has 70 valence electrons. The first-order valence-electron chi connectivity index (χ1n) is 3.52. The third-order valence-corrected chi connectivity index (χ3v) is 2.53. The molecule has 0 heterocycles. The molecule has 0 aromatic heterocycles. The molecule has 2 N–H and O–H groups in total. The molecule has 0 aromatic rings. The Morgan fingerprint density at radius 2 is 1.83 bits per heavy atom. The fourth-order valence-corrected chi connectivity index (χ4v) is 2.05. The van der Waals surface area contributed by atoms with Gasteiger partial charge >= 0.3 is 11.9 Å². The summed E-state index contributed by atoms with van der Waals surface area (Å²) in [5, 5.41) is 17.0. The molecule has 12 heavy (non-hydrogen) atoms. The highest BCUT2D eigenvalue weighted by Crippen LogP contribution is 2.29. The molecule has 0 spiro atoms. The molecule has 0 aliphatic rings. The van der Waals surface area contributed by atoms with Crippen molar-refractivity contribution in [2.24, 2.45) is 5.92 Å². The minimum Gasteiger partial charge on any atom is -0.481 e. The van der Waals surface area contributed by atoms with Gasteiger partial charge in [0.25, 0.3) is 0 Å². The lowest BCUT2D eigenvalue weighted by molar-refractivity contribution is -0.147. The summed E-state index contributed by atoms with van der Waals surface area (Å²) < 4.78 is 0. The van der Waals surface area contributed by atoms with Crippen LogP contribution in [0.25, 0.3) is 0 Å². The first-order valence-corrected chi connectivity index (χ1v) is 5.95. The monoisotopic (exact) mass is 192 g/mol. The SMILES string of the molecule is CP(C)CC(CC(=O)O)C(=O)O. The van der Waals surface area contributed by atoms with Gasteiger partial charge in [-0.05, 0) is 19.5 Å². The van der Waals surface area contributed by atoms with E-state index in [9.17, 15) is 9.59 Å². The van der Waals surface area contributed by atoms with Crippen LogP contribution in [0.2, 0.25) is 0 Å². The second-order valence-electron chi connectivity index (χ2n) is 2.90. The molecule has 1 atom stereocenters. The molecule has 0 fully saturated rings. The fraction of sp³-hybridized carbons (Fsp3) is 0.714. The molecule has 0 bridgehead atoms. The van der Waals surface area contributed by atoms with E-state index in [1.807, 2.05) is 13.3 Å². The van der Waals surface area contributed by atoms with Gasteiger partial charge in [0.05, 0.1) is 12.3 Å². The maximum Gasteiger partial charge on any atom is 0.307 e. The van der Waals surface area contributed by atoms with Crippen LogP contribution in [0.3, 0.4) is 0 Å². The largest absolute Gasteiger partial charge is 0.481 e. The molecular formula is C7H13O4P. The Labute approximate surface area is 72.3 Å². The number of carbonyl (C=O) groups is 2. The maximum absolute atomic E-state index is 10.5. The number of rotatable bonds is 5. The number of aliphatic carboxylic acids is 2. The summed E-state index contributed by atoms with van der Waals surface area (Å²) in [5.74, 6) is -2.77. The van der Waals surface area contributed by atoms with Crippen LogP contribution in [-0.2, 0) is 9.59 Å². The Morgan fingerprint density at radius 3 is 2.08 bits per heavy atom. The standard InChI is InChI=1S/C7H13O4P/c1-12(2)4-5(7(10)11)3-6(8)9/h5H,3-4H2,1-2H3,(H,8,9)(H,10,11). The van der Waals surface area contributed by atoms with Crippen LogP contribution < -0.4 is 0 Å². The number of carboxylic acids is 2. The van der Waals surface area contributed by atoms with Gasteiger partial charge < -0.3 is 10.2 Å². The number of hydrogen-bond acceptors (Lipinski definition) is 2. The average molecular weight is 192 g/mol. The Bertz CT molecular complexity index is 178. The molecule has 0 saturated heterocycles. The molecule has 0 aliphatic carbocycles. The highest BCUT2D eigenvalue weighted by atomic mass is 31.1. The van der Waals surface area contributed by atoms with Crippen molar-refractivity contribution in [2.45, 2.75) is 6.42 Å². The minimum atomic E-state index is -1.04. The van der Waals surface area contributed by atoms with E-state index >= 15 is 0 Å². The predicted molar refractivity (Wildman–Crippen MR) is 47.0 cm³/mol. The Morgan fingerprint density at radius 1 is 1.33 bits per heavy atom. The molecule has 0 aromatic carbocycles. The number of carboxylic acid groups (broad SMARTS) is 2. The minimum absolute atomic E-state index is 0.268. The molecule has 5 heteroatoms. The highest BCUT2D eigenvalue weighted by Gasteiger charge is 2.21. The summed E-state index contributed by atoms with van der Waals surface area (Å²) in [5.41, 5.74) is 0. The van der Waals surface area contributed by atoms with Gasteiger partial charge in [-0.15, -0.1) is 7.92 Å². The zero-order valence-corrected chi connectivity index (χ0v) is 8.04. The molecular weight excluding hydrogens is 179 g/mol. The Hall–Kier alpha value is -0.630. The van der Waals surface area contributed by atoms with Crippen molar-refractivity contribution in [3.63, 3.8) is 0 Å². The first-order chi connectivity index (χ1) is 5.43. The van der Waals surface area contributed by atoms with Crippen molar-refractivity contribution in [3.8, 4) is 0 Å². The smallest absolute Gasteiger partial charge is 0.307 e. The average Bonchev–Trinajstić information content (AvgIpc) is 1.83. The van der Waals surface area contributed by atoms with Gasteiger partial charge in [0, 0.05) is 0 Å². The fourth-order valence-electron chi connectivity index (χ4n) is 0.882.